The van der Waals surface area contributed by atoms with Gasteiger partial charge in [0.25, 0.3) is 0 Å². The van der Waals surface area contributed by atoms with E-state index in [0.29, 0.717) is 12.3 Å². The zero-order valence-electron chi connectivity index (χ0n) is 18.0. The third-order valence-corrected chi connectivity index (χ3v) is 4.90. The van der Waals surface area contributed by atoms with Crippen molar-refractivity contribution in [3.05, 3.63) is 63.2 Å². The van der Waals surface area contributed by atoms with E-state index in [9.17, 15) is 9.59 Å². The van der Waals surface area contributed by atoms with Crippen molar-refractivity contribution in [1.82, 2.24) is 5.32 Å². The van der Waals surface area contributed by atoms with Crippen molar-refractivity contribution < 1.29 is 19.1 Å². The van der Waals surface area contributed by atoms with Crippen LogP contribution >= 0.6 is 22.6 Å². The highest BCUT2D eigenvalue weighted by atomic mass is 127. The maximum Gasteiger partial charge on any atom is 0.408 e. The van der Waals surface area contributed by atoms with Crippen molar-refractivity contribution in [2.24, 2.45) is 0 Å². The van der Waals surface area contributed by atoms with Gasteiger partial charge in [-0.1, -0.05) is 30.3 Å². The van der Waals surface area contributed by atoms with Gasteiger partial charge in [0.2, 0.25) is 5.91 Å². The molecule has 0 aliphatic rings. The van der Waals surface area contributed by atoms with Crippen LogP contribution in [0.15, 0.2) is 48.5 Å². The molecule has 7 heteroatoms. The van der Waals surface area contributed by atoms with Gasteiger partial charge in [-0.15, -0.1) is 0 Å². The summed E-state index contributed by atoms with van der Waals surface area (Å²) in [5.41, 5.74) is 1.93. The van der Waals surface area contributed by atoms with Crippen LogP contribution in [-0.2, 0) is 20.9 Å². The fraction of sp³-hybridized carbons (Fsp3) is 0.391. The van der Waals surface area contributed by atoms with E-state index in [-0.39, 0.29) is 5.91 Å². The molecule has 0 aliphatic heterocycles. The Hall–Kier alpha value is -2.13. The highest BCUT2D eigenvalue weighted by Crippen LogP contribution is 2.19. The number of amides is 2. The molecule has 162 valence electrons. The van der Waals surface area contributed by atoms with Crippen LogP contribution in [0.3, 0.4) is 0 Å². The van der Waals surface area contributed by atoms with Crippen molar-refractivity contribution in [3.8, 4) is 0 Å². The van der Waals surface area contributed by atoms with Crippen LogP contribution in [0.25, 0.3) is 0 Å². The summed E-state index contributed by atoms with van der Waals surface area (Å²) in [6, 6.07) is 14.5. The zero-order chi connectivity index (χ0) is 22.3. The summed E-state index contributed by atoms with van der Waals surface area (Å²) in [4.78, 5) is 25.4. The van der Waals surface area contributed by atoms with E-state index in [2.05, 4.69) is 33.2 Å². The Balaban J connectivity index is 2.13. The highest BCUT2D eigenvalue weighted by molar-refractivity contribution is 14.1. The topological polar surface area (TPSA) is 76.7 Å². The number of rotatable bonds is 7. The molecule has 30 heavy (non-hydrogen) atoms. The van der Waals surface area contributed by atoms with Crippen LogP contribution in [0.5, 0.6) is 0 Å². The normalized spacial score (nSPS) is 13.3. The van der Waals surface area contributed by atoms with Gasteiger partial charge >= 0.3 is 6.09 Å². The molecule has 6 nitrogen and oxygen atoms in total. The van der Waals surface area contributed by atoms with Gasteiger partial charge in [-0.05, 0) is 86.5 Å². The number of anilines is 1. The molecule has 0 unspecified atom stereocenters. The van der Waals surface area contributed by atoms with Gasteiger partial charge in [0, 0.05) is 9.26 Å². The van der Waals surface area contributed by atoms with Gasteiger partial charge in [-0.3, -0.25) is 4.79 Å². The van der Waals surface area contributed by atoms with E-state index in [0.717, 1.165) is 14.7 Å². The van der Waals surface area contributed by atoms with E-state index in [1.165, 1.54) is 0 Å². The molecule has 0 aromatic heterocycles. The van der Waals surface area contributed by atoms with Gasteiger partial charge < -0.3 is 20.1 Å². The summed E-state index contributed by atoms with van der Waals surface area (Å²) in [5.74, 6) is -0.370. The van der Waals surface area contributed by atoms with Crippen molar-refractivity contribution in [2.45, 2.75) is 59.0 Å². The smallest absolute Gasteiger partial charge is 0.408 e. The van der Waals surface area contributed by atoms with E-state index in [1.807, 2.05) is 55.5 Å². The number of hydrogen-bond donors (Lipinski definition) is 2. The van der Waals surface area contributed by atoms with Gasteiger partial charge in [-0.25, -0.2) is 4.79 Å². The molecule has 0 heterocycles. The fourth-order valence-electron chi connectivity index (χ4n) is 2.71. The maximum absolute atomic E-state index is 13.0. The lowest BCUT2D eigenvalue weighted by Crippen LogP contribution is -2.52. The third kappa shape index (κ3) is 7.95. The van der Waals surface area contributed by atoms with E-state index in [4.69, 9.17) is 9.47 Å². The predicted molar refractivity (Wildman–Crippen MR) is 126 cm³/mol. The molecule has 0 aliphatic carbocycles. The predicted octanol–water partition coefficient (Wildman–Crippen LogP) is 5.04. The summed E-state index contributed by atoms with van der Waals surface area (Å²) < 4.78 is 12.3. The lowest BCUT2D eigenvalue weighted by atomic mass is 10.1. The Bertz CT molecular complexity index is 865. The van der Waals surface area contributed by atoms with Crippen LogP contribution in [0.4, 0.5) is 10.5 Å². The highest BCUT2D eigenvalue weighted by Gasteiger charge is 2.30. The average Bonchev–Trinajstić information content (AvgIpc) is 2.65. The Morgan fingerprint density at radius 2 is 1.77 bits per heavy atom. The first-order valence-electron chi connectivity index (χ1n) is 9.77. The van der Waals surface area contributed by atoms with Crippen LogP contribution < -0.4 is 10.6 Å². The number of alkyl carbamates (subject to hydrolysis) is 1. The SMILES string of the molecule is Cc1cc(I)ccc1NC(=O)[C@@H](NC(=O)OC(C)(C)C)[C@H](C)OCc1ccccc1. The molecular formula is C23H29IN2O4. The van der Waals surface area contributed by atoms with E-state index < -0.39 is 23.8 Å². The zero-order valence-corrected chi connectivity index (χ0v) is 20.1. The summed E-state index contributed by atoms with van der Waals surface area (Å²) in [7, 11) is 0. The first-order valence-corrected chi connectivity index (χ1v) is 10.8. The number of ether oxygens (including phenoxy) is 2. The Morgan fingerprint density at radius 1 is 1.10 bits per heavy atom. The number of aryl methyl sites for hydroxylation is 1. The molecular weight excluding hydrogens is 495 g/mol. The van der Waals surface area contributed by atoms with Crippen LogP contribution in [-0.4, -0.2) is 29.7 Å². The summed E-state index contributed by atoms with van der Waals surface area (Å²) in [6.45, 7) is 9.31. The monoisotopic (exact) mass is 524 g/mol. The molecule has 2 atom stereocenters. The Labute approximate surface area is 191 Å². The van der Waals surface area contributed by atoms with Crippen molar-refractivity contribution in [3.63, 3.8) is 0 Å². The summed E-state index contributed by atoms with van der Waals surface area (Å²) >= 11 is 2.22. The number of nitrogens with one attached hydrogen (secondary N) is 2. The lowest BCUT2D eigenvalue weighted by molar-refractivity contribution is -0.122. The molecule has 0 radical (unpaired) electrons. The van der Waals surface area contributed by atoms with Gasteiger partial charge in [0.15, 0.2) is 0 Å². The standard InChI is InChI=1S/C23H29IN2O4/c1-15-13-18(24)11-12-19(15)25-21(27)20(26-22(28)30-23(3,4)5)16(2)29-14-17-9-7-6-8-10-17/h6-13,16,20H,14H2,1-5H3,(H,25,27)(H,26,28)/t16-,20-/m0/s1. The maximum atomic E-state index is 13.0. The minimum Gasteiger partial charge on any atom is -0.444 e. The van der Waals surface area contributed by atoms with Gasteiger partial charge in [-0.2, -0.15) is 0 Å². The van der Waals surface area contributed by atoms with Crippen LogP contribution in [0, 0.1) is 10.5 Å². The molecule has 2 aromatic carbocycles. The first kappa shape index (κ1) is 24.1. The molecule has 0 saturated carbocycles. The van der Waals surface area contributed by atoms with Gasteiger partial charge in [0.05, 0.1) is 12.7 Å². The van der Waals surface area contributed by atoms with E-state index >= 15 is 0 Å². The number of carbonyl (C=O) groups excluding carboxylic acids is 2. The van der Waals surface area contributed by atoms with Crippen LogP contribution in [0.2, 0.25) is 0 Å². The van der Waals surface area contributed by atoms with Crippen LogP contribution in [0.1, 0.15) is 38.8 Å². The second-order valence-corrected chi connectivity index (χ2v) is 9.32. The molecule has 2 aromatic rings. The number of halogens is 1. The average molecular weight is 524 g/mol. The quantitative estimate of drug-likeness (QED) is 0.498. The van der Waals surface area contributed by atoms with E-state index in [1.54, 1.807) is 27.7 Å². The third-order valence-electron chi connectivity index (χ3n) is 4.23. The fourth-order valence-corrected chi connectivity index (χ4v) is 3.35. The molecule has 0 bridgehead atoms. The van der Waals surface area contributed by atoms with Crippen molar-refractivity contribution >= 4 is 40.3 Å². The lowest BCUT2D eigenvalue weighted by Gasteiger charge is -2.27. The Morgan fingerprint density at radius 3 is 2.37 bits per heavy atom. The van der Waals surface area contributed by atoms with Crippen molar-refractivity contribution in [1.29, 1.82) is 0 Å². The van der Waals surface area contributed by atoms with Gasteiger partial charge in [0.1, 0.15) is 11.6 Å². The summed E-state index contributed by atoms with van der Waals surface area (Å²) in [6.07, 6.45) is -1.25. The number of benzene rings is 2. The Kier molecular flexibility index (Phi) is 8.66. The summed E-state index contributed by atoms with van der Waals surface area (Å²) in [5, 5.41) is 5.55. The molecule has 2 amide bonds. The number of hydrogen-bond acceptors (Lipinski definition) is 4. The second-order valence-electron chi connectivity index (χ2n) is 8.07. The number of carbonyl (C=O) groups is 2. The molecule has 0 fully saturated rings. The minimum absolute atomic E-state index is 0.324. The minimum atomic E-state index is -0.928. The molecule has 0 spiro atoms. The molecule has 2 rings (SSSR count). The molecule has 2 N–H and O–H groups in total. The first-order chi connectivity index (χ1) is 14.0. The largest absolute Gasteiger partial charge is 0.444 e. The second kappa shape index (κ2) is 10.8. The molecule has 0 saturated heterocycles. The van der Waals surface area contributed by atoms with Crippen molar-refractivity contribution in [2.75, 3.05) is 5.32 Å².